The summed E-state index contributed by atoms with van der Waals surface area (Å²) >= 11 is 0. The van der Waals surface area contributed by atoms with E-state index in [1.165, 1.54) is 19.3 Å². The molecule has 24 heavy (non-hydrogen) atoms. The summed E-state index contributed by atoms with van der Waals surface area (Å²) < 4.78 is 11.1. The molecule has 1 aliphatic carbocycles. The van der Waals surface area contributed by atoms with E-state index in [-0.39, 0.29) is 5.91 Å². The van der Waals surface area contributed by atoms with Crippen molar-refractivity contribution in [1.29, 1.82) is 0 Å². The Labute approximate surface area is 142 Å². The van der Waals surface area contributed by atoms with Crippen molar-refractivity contribution in [2.24, 2.45) is 5.92 Å². The summed E-state index contributed by atoms with van der Waals surface area (Å²) in [6.07, 6.45) is 4.80. The van der Waals surface area contributed by atoms with Crippen LogP contribution < -0.4 is 5.32 Å². The first-order valence-corrected chi connectivity index (χ1v) is 8.83. The highest BCUT2D eigenvalue weighted by Gasteiger charge is 2.30. The van der Waals surface area contributed by atoms with Crippen LogP contribution in [0.25, 0.3) is 0 Å². The molecular formula is C19H25NO4. The highest BCUT2D eigenvalue weighted by molar-refractivity contribution is 5.95. The van der Waals surface area contributed by atoms with E-state index >= 15 is 0 Å². The third-order valence-corrected chi connectivity index (χ3v) is 4.95. The predicted octanol–water partition coefficient (Wildman–Crippen LogP) is 2.48. The van der Waals surface area contributed by atoms with E-state index in [1.807, 2.05) is 12.1 Å². The Morgan fingerprint density at radius 3 is 2.92 bits per heavy atom. The standard InChI is InChI=1S/C19H25NO4/c1-13-6-2-5-9-16(13)23-11-10-20-18(21)17-12-14-7-3-4-8-15(14)19(22)24-17/h3-4,7-8,13,16-17H,2,5-6,9-12H2,1H3,(H,20,21)/t13-,16+,17-/m1/s1. The van der Waals surface area contributed by atoms with Crippen LogP contribution in [0.3, 0.4) is 0 Å². The lowest BCUT2D eigenvalue weighted by molar-refractivity contribution is -0.130. The fraction of sp³-hybridized carbons (Fsp3) is 0.579. The molecule has 1 aromatic rings. The molecule has 5 nitrogen and oxygen atoms in total. The second kappa shape index (κ2) is 7.79. The van der Waals surface area contributed by atoms with E-state index in [4.69, 9.17) is 9.47 Å². The van der Waals surface area contributed by atoms with Gasteiger partial charge >= 0.3 is 5.97 Å². The molecule has 1 aliphatic heterocycles. The van der Waals surface area contributed by atoms with Crippen molar-refractivity contribution in [3.05, 3.63) is 35.4 Å². The Morgan fingerprint density at radius 1 is 1.29 bits per heavy atom. The van der Waals surface area contributed by atoms with Crippen molar-refractivity contribution in [3.63, 3.8) is 0 Å². The number of ether oxygens (including phenoxy) is 2. The van der Waals surface area contributed by atoms with E-state index < -0.39 is 12.1 Å². The first kappa shape index (κ1) is 17.0. The maximum absolute atomic E-state index is 12.2. The maximum Gasteiger partial charge on any atom is 0.339 e. The van der Waals surface area contributed by atoms with Gasteiger partial charge in [-0.3, -0.25) is 4.79 Å². The van der Waals surface area contributed by atoms with Crippen LogP contribution in [0.4, 0.5) is 0 Å². The molecule has 130 valence electrons. The molecule has 1 amide bonds. The normalized spacial score (nSPS) is 26.4. The second-order valence-electron chi connectivity index (χ2n) is 6.72. The predicted molar refractivity (Wildman–Crippen MR) is 89.7 cm³/mol. The number of esters is 1. The molecule has 1 N–H and O–H groups in total. The van der Waals surface area contributed by atoms with E-state index in [0.29, 0.717) is 37.2 Å². The van der Waals surface area contributed by atoms with Gasteiger partial charge in [0.2, 0.25) is 0 Å². The molecule has 5 heteroatoms. The average Bonchev–Trinajstić information content (AvgIpc) is 2.60. The van der Waals surface area contributed by atoms with Gasteiger partial charge < -0.3 is 14.8 Å². The lowest BCUT2D eigenvalue weighted by atomic mass is 9.88. The number of carbonyl (C=O) groups excluding carboxylic acids is 2. The van der Waals surface area contributed by atoms with Crippen LogP contribution >= 0.6 is 0 Å². The van der Waals surface area contributed by atoms with Crippen LogP contribution in [0.15, 0.2) is 24.3 Å². The number of rotatable bonds is 5. The molecule has 2 aliphatic rings. The minimum absolute atomic E-state index is 0.252. The summed E-state index contributed by atoms with van der Waals surface area (Å²) in [7, 11) is 0. The Kier molecular flexibility index (Phi) is 5.51. The van der Waals surface area contributed by atoms with Crippen molar-refractivity contribution in [2.75, 3.05) is 13.2 Å². The lowest BCUT2D eigenvalue weighted by Gasteiger charge is -2.29. The first-order valence-electron chi connectivity index (χ1n) is 8.83. The molecule has 1 aromatic carbocycles. The minimum atomic E-state index is -0.749. The van der Waals surface area contributed by atoms with Gasteiger partial charge in [-0.25, -0.2) is 4.79 Å². The molecule has 0 aromatic heterocycles. The molecular weight excluding hydrogens is 306 g/mol. The summed E-state index contributed by atoms with van der Waals surface area (Å²) in [5.74, 6) is -0.0901. The van der Waals surface area contributed by atoms with Crippen LogP contribution in [-0.4, -0.2) is 37.2 Å². The van der Waals surface area contributed by atoms with Gasteiger partial charge in [-0.1, -0.05) is 38.0 Å². The summed E-state index contributed by atoms with van der Waals surface area (Å²) in [4.78, 5) is 24.2. The zero-order valence-corrected chi connectivity index (χ0v) is 14.1. The molecule has 0 saturated heterocycles. The highest BCUT2D eigenvalue weighted by Crippen LogP contribution is 2.26. The van der Waals surface area contributed by atoms with E-state index in [9.17, 15) is 9.59 Å². The summed E-state index contributed by atoms with van der Waals surface area (Å²) in [5.41, 5.74) is 1.41. The summed E-state index contributed by atoms with van der Waals surface area (Å²) in [6.45, 7) is 3.16. The number of benzene rings is 1. The average molecular weight is 331 g/mol. The van der Waals surface area contributed by atoms with E-state index in [0.717, 1.165) is 12.0 Å². The molecule has 0 bridgehead atoms. The monoisotopic (exact) mass is 331 g/mol. The third-order valence-electron chi connectivity index (χ3n) is 4.95. The first-order chi connectivity index (χ1) is 11.6. The van der Waals surface area contributed by atoms with Gasteiger partial charge in [0.25, 0.3) is 5.91 Å². The quantitative estimate of drug-likeness (QED) is 0.665. The smallest absolute Gasteiger partial charge is 0.339 e. The topological polar surface area (TPSA) is 64.6 Å². The van der Waals surface area contributed by atoms with Crippen LogP contribution in [0.5, 0.6) is 0 Å². The van der Waals surface area contributed by atoms with Gasteiger partial charge in [0.1, 0.15) is 0 Å². The highest BCUT2D eigenvalue weighted by atomic mass is 16.5. The van der Waals surface area contributed by atoms with Crippen LogP contribution in [0, 0.1) is 5.92 Å². The maximum atomic E-state index is 12.2. The Bertz CT molecular complexity index is 601. The van der Waals surface area contributed by atoms with Gasteiger partial charge in [0.15, 0.2) is 6.10 Å². The fourth-order valence-corrected chi connectivity index (χ4v) is 3.51. The third kappa shape index (κ3) is 3.96. The number of hydrogen-bond donors (Lipinski definition) is 1. The SMILES string of the molecule is C[C@@H]1CCCC[C@@H]1OCCNC(=O)[C@H]1Cc2ccccc2C(=O)O1. The lowest BCUT2D eigenvalue weighted by Crippen LogP contribution is -2.43. The van der Waals surface area contributed by atoms with Gasteiger partial charge in [-0.15, -0.1) is 0 Å². The number of hydrogen-bond acceptors (Lipinski definition) is 4. The largest absolute Gasteiger partial charge is 0.448 e. The van der Waals surface area contributed by atoms with Gasteiger partial charge in [0.05, 0.1) is 18.3 Å². The Morgan fingerprint density at radius 2 is 2.08 bits per heavy atom. The zero-order chi connectivity index (χ0) is 16.9. The number of nitrogens with one attached hydrogen (secondary N) is 1. The van der Waals surface area contributed by atoms with Crippen molar-refractivity contribution in [2.45, 2.75) is 51.2 Å². The number of carbonyl (C=O) groups is 2. The number of amides is 1. The van der Waals surface area contributed by atoms with Crippen molar-refractivity contribution < 1.29 is 19.1 Å². The molecule has 1 heterocycles. The molecule has 0 spiro atoms. The zero-order valence-electron chi connectivity index (χ0n) is 14.1. The van der Waals surface area contributed by atoms with Gasteiger partial charge in [-0.05, 0) is 30.4 Å². The summed E-state index contributed by atoms with van der Waals surface area (Å²) in [6, 6.07) is 7.25. The molecule has 3 atom stereocenters. The van der Waals surface area contributed by atoms with Crippen molar-refractivity contribution in [3.8, 4) is 0 Å². The number of cyclic esters (lactones) is 1. The molecule has 1 fully saturated rings. The van der Waals surface area contributed by atoms with Crippen LogP contribution in [-0.2, 0) is 20.7 Å². The van der Waals surface area contributed by atoms with Crippen LogP contribution in [0.2, 0.25) is 0 Å². The van der Waals surface area contributed by atoms with Gasteiger partial charge in [-0.2, -0.15) is 0 Å². The number of fused-ring (bicyclic) bond motifs is 1. The van der Waals surface area contributed by atoms with Crippen molar-refractivity contribution >= 4 is 11.9 Å². The van der Waals surface area contributed by atoms with Crippen LogP contribution in [0.1, 0.15) is 48.5 Å². The van der Waals surface area contributed by atoms with Crippen molar-refractivity contribution in [1.82, 2.24) is 5.32 Å². The molecule has 3 rings (SSSR count). The van der Waals surface area contributed by atoms with Gasteiger partial charge in [0, 0.05) is 13.0 Å². The molecule has 0 unspecified atom stereocenters. The second-order valence-corrected chi connectivity index (χ2v) is 6.72. The summed E-state index contributed by atoms with van der Waals surface area (Å²) in [5, 5.41) is 2.82. The Balaban J connectivity index is 1.44. The molecule has 0 radical (unpaired) electrons. The van der Waals surface area contributed by atoms with E-state index in [1.54, 1.807) is 12.1 Å². The molecule has 1 saturated carbocycles. The Hall–Kier alpha value is -1.88. The minimum Gasteiger partial charge on any atom is -0.448 e. The fourth-order valence-electron chi connectivity index (χ4n) is 3.51. The van der Waals surface area contributed by atoms with E-state index in [2.05, 4.69) is 12.2 Å².